The van der Waals surface area contributed by atoms with Crippen molar-refractivity contribution in [3.63, 3.8) is 0 Å². The normalized spacial score (nSPS) is 12.4. The van der Waals surface area contributed by atoms with Crippen molar-refractivity contribution in [1.29, 1.82) is 0 Å². The predicted octanol–water partition coefficient (Wildman–Crippen LogP) is 8.16. The van der Waals surface area contributed by atoms with Crippen LogP contribution in [0, 0.1) is 17.5 Å². The molecule has 4 nitrogen and oxygen atoms in total. The maximum atomic E-state index is 14.6. The molecule has 1 aromatic heterocycles. The number of aromatic nitrogens is 2. The van der Waals surface area contributed by atoms with Gasteiger partial charge in [-0.15, -0.1) is 0 Å². The minimum Gasteiger partial charge on any atom is -0.416 e. The predicted molar refractivity (Wildman–Crippen MR) is 143 cm³/mol. The van der Waals surface area contributed by atoms with Crippen molar-refractivity contribution in [2.75, 3.05) is 11.9 Å². The van der Waals surface area contributed by atoms with Crippen LogP contribution in [-0.4, -0.2) is 29.9 Å². The Morgan fingerprint density at radius 2 is 1.69 bits per heavy atom. The third-order valence-electron chi connectivity index (χ3n) is 6.53. The van der Waals surface area contributed by atoms with E-state index in [2.05, 4.69) is 56.8 Å². The van der Waals surface area contributed by atoms with Gasteiger partial charge in [0.25, 0.3) is 0 Å². The summed E-state index contributed by atoms with van der Waals surface area (Å²) in [5.74, 6) is -2.19. The van der Waals surface area contributed by atoms with Crippen LogP contribution in [0.3, 0.4) is 0 Å². The molecule has 3 aromatic rings. The molecule has 190 valence electrons. The molecule has 0 spiro atoms. The summed E-state index contributed by atoms with van der Waals surface area (Å²) in [6, 6.07) is 5.03. The molecule has 0 bridgehead atoms. The number of anilines is 1. The molecule has 2 aromatic carbocycles. The van der Waals surface area contributed by atoms with Gasteiger partial charge in [-0.1, -0.05) is 65.4 Å². The highest BCUT2D eigenvalue weighted by Crippen LogP contribution is 2.42. The molecule has 2 N–H and O–H groups in total. The fourth-order valence-electron chi connectivity index (χ4n) is 5.05. The van der Waals surface area contributed by atoms with Gasteiger partial charge in [-0.05, 0) is 40.9 Å². The zero-order valence-electron chi connectivity index (χ0n) is 20.7. The van der Waals surface area contributed by atoms with Crippen molar-refractivity contribution in [3.8, 4) is 0 Å². The fraction of sp³-hybridized carbons (Fsp3) is 0.440. The number of benzene rings is 2. The van der Waals surface area contributed by atoms with Crippen molar-refractivity contribution < 1.29 is 17.6 Å². The Bertz CT molecular complexity index is 1210. The van der Waals surface area contributed by atoms with E-state index in [1.807, 2.05) is 0 Å². The molecule has 0 atom stereocenters. The molecule has 1 heterocycles. The number of nitrogens with zero attached hydrogens (tertiary/aromatic N) is 1. The second-order valence-electron chi connectivity index (χ2n) is 9.63. The number of H-pyrrole nitrogens is 1. The Morgan fingerprint density at radius 3 is 2.26 bits per heavy atom. The number of aromatic amines is 1. The molecular formula is C25H31ClF3N3OSSi. The Kier molecular flexibility index (Phi) is 8.67. The van der Waals surface area contributed by atoms with Gasteiger partial charge < -0.3 is 14.7 Å². The van der Waals surface area contributed by atoms with Crippen molar-refractivity contribution in [3.05, 3.63) is 58.1 Å². The van der Waals surface area contributed by atoms with Crippen LogP contribution >= 0.6 is 23.8 Å². The third kappa shape index (κ3) is 5.58. The van der Waals surface area contributed by atoms with Gasteiger partial charge in [0, 0.05) is 24.3 Å². The molecular weight excluding hydrogens is 511 g/mol. The van der Waals surface area contributed by atoms with E-state index in [0.29, 0.717) is 41.2 Å². The lowest BCUT2D eigenvalue weighted by Gasteiger charge is -2.42. The maximum Gasteiger partial charge on any atom is 0.200 e. The first-order valence-corrected chi connectivity index (χ1v) is 14.6. The van der Waals surface area contributed by atoms with Crippen LogP contribution in [-0.2, 0) is 10.8 Å². The lowest BCUT2D eigenvalue weighted by atomic mass is 10.1. The molecule has 10 heteroatoms. The topological polar surface area (TPSA) is 49.9 Å². The number of hydrogen-bond acceptors (Lipinski definition) is 3. The molecule has 0 aliphatic rings. The summed E-state index contributed by atoms with van der Waals surface area (Å²) in [4.78, 5) is 7.53. The lowest BCUT2D eigenvalue weighted by molar-refractivity contribution is 0.279. The molecule has 0 amide bonds. The maximum absolute atomic E-state index is 14.6. The molecule has 0 saturated heterocycles. The molecule has 0 radical (unpaired) electrons. The Labute approximate surface area is 215 Å². The van der Waals surface area contributed by atoms with Gasteiger partial charge in [0.05, 0.1) is 10.5 Å². The van der Waals surface area contributed by atoms with Crippen LogP contribution in [0.15, 0.2) is 24.3 Å². The molecule has 0 fully saturated rings. The molecule has 0 aliphatic carbocycles. The Morgan fingerprint density at radius 1 is 1.06 bits per heavy atom. The minimum atomic E-state index is -2.07. The Hall–Kier alpha value is -1.94. The fourth-order valence-corrected chi connectivity index (χ4v) is 11.0. The van der Waals surface area contributed by atoms with E-state index in [4.69, 9.17) is 28.2 Å². The van der Waals surface area contributed by atoms with Gasteiger partial charge >= 0.3 is 0 Å². The number of thiocarbonyl (C=S) groups is 1. The van der Waals surface area contributed by atoms with E-state index in [1.54, 1.807) is 0 Å². The van der Waals surface area contributed by atoms with Gasteiger partial charge in [0.2, 0.25) is 0 Å². The van der Waals surface area contributed by atoms with Gasteiger partial charge in [0.15, 0.2) is 20.0 Å². The lowest BCUT2D eigenvalue weighted by Crippen LogP contribution is -2.48. The third-order valence-corrected chi connectivity index (χ3v) is 13.3. The van der Waals surface area contributed by atoms with Crippen LogP contribution in [0.25, 0.3) is 11.0 Å². The van der Waals surface area contributed by atoms with Crippen LogP contribution in [0.1, 0.15) is 52.9 Å². The van der Waals surface area contributed by atoms with E-state index < -0.39 is 25.8 Å². The summed E-state index contributed by atoms with van der Waals surface area (Å²) in [7, 11) is -2.07. The smallest absolute Gasteiger partial charge is 0.200 e. The summed E-state index contributed by atoms with van der Waals surface area (Å²) in [5.41, 5.74) is 2.11. The second kappa shape index (κ2) is 11.0. The average molecular weight is 542 g/mol. The molecule has 0 aliphatic heterocycles. The van der Waals surface area contributed by atoms with Crippen molar-refractivity contribution in [2.45, 2.75) is 64.6 Å². The van der Waals surface area contributed by atoms with E-state index in [-0.39, 0.29) is 26.6 Å². The Balaban J connectivity index is 1.87. The van der Waals surface area contributed by atoms with Gasteiger partial charge in [-0.25, -0.2) is 18.2 Å². The molecule has 3 rings (SSSR count). The van der Waals surface area contributed by atoms with E-state index in [1.165, 1.54) is 18.2 Å². The van der Waals surface area contributed by atoms with Gasteiger partial charge in [0.1, 0.15) is 22.1 Å². The van der Waals surface area contributed by atoms with E-state index in [9.17, 15) is 13.2 Å². The highest BCUT2D eigenvalue weighted by Gasteiger charge is 2.44. The van der Waals surface area contributed by atoms with E-state index >= 15 is 0 Å². The van der Waals surface area contributed by atoms with Gasteiger partial charge in [-0.3, -0.25) is 0 Å². The molecule has 35 heavy (non-hydrogen) atoms. The summed E-state index contributed by atoms with van der Waals surface area (Å²) in [5, 5.41) is 2.82. The first kappa shape index (κ1) is 27.6. The van der Waals surface area contributed by atoms with Crippen LogP contribution < -0.4 is 5.32 Å². The largest absolute Gasteiger partial charge is 0.416 e. The number of halogens is 4. The standard InChI is InChI=1S/C25H31ClF3N3OSSi/c1-13(2)35(14(3)4,15(5)6)33-10-9-21-31-23-17(12-20(28)22(29)24(23)32-21)25(34)30-16-7-8-19(27)18(26)11-16/h7-8,11-15H,9-10H2,1-6H3,(H,30,34)(H,31,32). The zero-order valence-corrected chi connectivity index (χ0v) is 23.3. The number of imidazole rings is 1. The van der Waals surface area contributed by atoms with Crippen molar-refractivity contribution in [1.82, 2.24) is 9.97 Å². The first-order valence-electron chi connectivity index (χ1n) is 11.6. The van der Waals surface area contributed by atoms with Crippen LogP contribution in [0.2, 0.25) is 21.6 Å². The van der Waals surface area contributed by atoms with Crippen molar-refractivity contribution in [2.24, 2.45) is 0 Å². The summed E-state index contributed by atoms with van der Waals surface area (Å²) < 4.78 is 49.1. The quantitative estimate of drug-likeness (QED) is 0.212. The summed E-state index contributed by atoms with van der Waals surface area (Å²) >= 11 is 11.3. The van der Waals surface area contributed by atoms with Crippen molar-refractivity contribution >= 4 is 53.8 Å². The average Bonchev–Trinajstić information content (AvgIpc) is 3.19. The second-order valence-corrected chi connectivity index (χ2v) is 15.9. The monoisotopic (exact) mass is 541 g/mol. The minimum absolute atomic E-state index is 0.0825. The number of rotatable bonds is 9. The zero-order chi connectivity index (χ0) is 26.1. The summed E-state index contributed by atoms with van der Waals surface area (Å²) in [6.45, 7) is 13.7. The van der Waals surface area contributed by atoms with Crippen LogP contribution in [0.5, 0.6) is 0 Å². The van der Waals surface area contributed by atoms with Gasteiger partial charge in [-0.2, -0.15) is 0 Å². The SMILES string of the molecule is CC(C)[Si](OCCc1nc2c(F)c(F)cc(C(=S)Nc3ccc(F)c(Cl)c3)c2[nH]1)(C(C)C)C(C)C. The van der Waals surface area contributed by atoms with Crippen LogP contribution in [0.4, 0.5) is 18.9 Å². The number of fused-ring (bicyclic) bond motifs is 1. The highest BCUT2D eigenvalue weighted by molar-refractivity contribution is 7.81. The number of nitrogens with one attached hydrogen (secondary N) is 2. The molecule has 0 saturated carbocycles. The first-order chi connectivity index (χ1) is 16.4. The number of hydrogen-bond donors (Lipinski definition) is 2. The summed E-state index contributed by atoms with van der Waals surface area (Å²) in [6.07, 6.45) is 0.420. The van der Waals surface area contributed by atoms with E-state index in [0.717, 1.165) is 6.07 Å². The molecule has 0 unspecified atom stereocenters. The highest BCUT2D eigenvalue weighted by atomic mass is 35.5.